The Hall–Kier alpha value is -1.66. The fraction of sp³-hybridized carbons (Fsp3) is 0.588. The molecule has 2 fully saturated rings. The van der Waals surface area contributed by atoms with Gasteiger partial charge in [0.1, 0.15) is 0 Å². The number of hydrogen-bond acceptors (Lipinski definition) is 4. The van der Waals surface area contributed by atoms with Crippen LogP contribution in [0.1, 0.15) is 12.8 Å². The van der Waals surface area contributed by atoms with Gasteiger partial charge in [-0.3, -0.25) is 9.69 Å². The lowest BCUT2D eigenvalue weighted by Crippen LogP contribution is -2.51. The summed E-state index contributed by atoms with van der Waals surface area (Å²) in [5.41, 5.74) is 0. The number of halogens is 1. The number of hydrogen-bond donors (Lipinski definition) is 1. The number of aliphatic hydroxyl groups excluding tert-OH is 1. The van der Waals surface area contributed by atoms with Crippen LogP contribution in [0.4, 0.5) is 4.39 Å². The number of rotatable bonds is 6. The Bertz CT molecular complexity index is 542. The van der Waals surface area contributed by atoms with Gasteiger partial charge >= 0.3 is 0 Å². The molecule has 0 bridgehead atoms. The van der Waals surface area contributed by atoms with E-state index in [9.17, 15) is 14.3 Å². The van der Waals surface area contributed by atoms with E-state index in [0.29, 0.717) is 25.6 Å². The van der Waals surface area contributed by atoms with E-state index >= 15 is 0 Å². The van der Waals surface area contributed by atoms with E-state index < -0.39 is 5.82 Å². The van der Waals surface area contributed by atoms with Gasteiger partial charge in [-0.1, -0.05) is 12.1 Å². The van der Waals surface area contributed by atoms with Crippen molar-refractivity contribution in [3.8, 4) is 5.75 Å². The Morgan fingerprint density at radius 2 is 1.96 bits per heavy atom. The van der Waals surface area contributed by atoms with Crippen LogP contribution in [0.2, 0.25) is 0 Å². The standard InChI is InChI=1S/C17H23FN2O3/c18-14-3-1-2-4-16(14)23-12-17(22)20-9-7-19(8-10-20)11-15(21)13-5-6-13/h1-4,13,15,21H,5-12H2/t15-/m0/s1. The van der Waals surface area contributed by atoms with Crippen LogP contribution in [-0.4, -0.2) is 66.2 Å². The Balaban J connectivity index is 1.40. The summed E-state index contributed by atoms with van der Waals surface area (Å²) in [6.07, 6.45) is 2.03. The number of piperazine rings is 1. The molecular formula is C17H23FN2O3. The third kappa shape index (κ3) is 4.42. The smallest absolute Gasteiger partial charge is 0.260 e. The molecule has 23 heavy (non-hydrogen) atoms. The third-order valence-corrected chi connectivity index (χ3v) is 4.52. The Morgan fingerprint density at radius 1 is 1.26 bits per heavy atom. The third-order valence-electron chi connectivity index (χ3n) is 4.52. The molecule has 1 saturated carbocycles. The number of aliphatic hydroxyl groups is 1. The van der Waals surface area contributed by atoms with Gasteiger partial charge in [0.2, 0.25) is 0 Å². The van der Waals surface area contributed by atoms with Crippen LogP contribution in [-0.2, 0) is 4.79 Å². The van der Waals surface area contributed by atoms with Gasteiger partial charge in [0.25, 0.3) is 5.91 Å². The second kappa shape index (κ2) is 7.27. The first-order valence-electron chi connectivity index (χ1n) is 8.19. The lowest BCUT2D eigenvalue weighted by atomic mass is 10.2. The molecule has 1 aromatic carbocycles. The van der Waals surface area contributed by atoms with Crippen LogP contribution >= 0.6 is 0 Å². The van der Waals surface area contributed by atoms with E-state index in [0.717, 1.165) is 25.9 Å². The zero-order valence-corrected chi connectivity index (χ0v) is 13.2. The van der Waals surface area contributed by atoms with Gasteiger partial charge in [-0.2, -0.15) is 0 Å². The first kappa shape index (κ1) is 16.2. The number of ether oxygens (including phenoxy) is 1. The van der Waals surface area contributed by atoms with Crippen LogP contribution in [0.15, 0.2) is 24.3 Å². The molecule has 1 heterocycles. The normalized spacial score (nSPS) is 20.3. The van der Waals surface area contributed by atoms with Gasteiger partial charge in [-0.15, -0.1) is 0 Å². The van der Waals surface area contributed by atoms with E-state index in [-0.39, 0.29) is 24.4 Å². The van der Waals surface area contributed by atoms with Gasteiger partial charge in [0.05, 0.1) is 6.10 Å². The molecule has 0 spiro atoms. The zero-order valence-electron chi connectivity index (χ0n) is 13.2. The predicted molar refractivity (Wildman–Crippen MR) is 83.6 cm³/mol. The lowest BCUT2D eigenvalue weighted by molar-refractivity contribution is -0.135. The fourth-order valence-electron chi connectivity index (χ4n) is 2.87. The van der Waals surface area contributed by atoms with Gasteiger partial charge < -0.3 is 14.7 Å². The van der Waals surface area contributed by atoms with E-state index in [1.54, 1.807) is 17.0 Å². The predicted octanol–water partition coefficient (Wildman–Crippen LogP) is 1.12. The van der Waals surface area contributed by atoms with Crippen LogP contribution in [0.5, 0.6) is 5.75 Å². The molecular weight excluding hydrogens is 299 g/mol. The van der Waals surface area contributed by atoms with Gasteiger partial charge in [0, 0.05) is 32.7 Å². The average molecular weight is 322 g/mol. The molecule has 1 aliphatic heterocycles. The number of para-hydroxylation sites is 1. The summed E-state index contributed by atoms with van der Waals surface area (Å²) in [6.45, 7) is 3.31. The highest BCUT2D eigenvalue weighted by Crippen LogP contribution is 2.32. The summed E-state index contributed by atoms with van der Waals surface area (Å²) in [5, 5.41) is 9.97. The van der Waals surface area contributed by atoms with E-state index in [2.05, 4.69) is 4.90 Å². The number of carbonyl (C=O) groups is 1. The summed E-state index contributed by atoms with van der Waals surface area (Å²) < 4.78 is 18.7. The maximum absolute atomic E-state index is 13.4. The Morgan fingerprint density at radius 3 is 2.61 bits per heavy atom. The van der Waals surface area contributed by atoms with Crippen LogP contribution in [0, 0.1) is 11.7 Å². The molecule has 1 atom stereocenters. The first-order valence-corrected chi connectivity index (χ1v) is 8.19. The SMILES string of the molecule is O=C(COc1ccccc1F)N1CCN(C[C@H](O)C2CC2)CC1. The molecule has 3 rings (SSSR count). The molecule has 1 amide bonds. The monoisotopic (exact) mass is 322 g/mol. The molecule has 2 aliphatic rings. The lowest BCUT2D eigenvalue weighted by Gasteiger charge is -2.35. The van der Waals surface area contributed by atoms with Crippen molar-refractivity contribution in [1.82, 2.24) is 9.80 Å². The Labute approximate surface area is 135 Å². The maximum Gasteiger partial charge on any atom is 0.260 e. The molecule has 1 N–H and O–H groups in total. The fourth-order valence-corrected chi connectivity index (χ4v) is 2.87. The van der Waals surface area contributed by atoms with E-state index in [1.165, 1.54) is 12.1 Å². The van der Waals surface area contributed by atoms with Crippen molar-refractivity contribution in [1.29, 1.82) is 0 Å². The summed E-state index contributed by atoms with van der Waals surface area (Å²) >= 11 is 0. The minimum atomic E-state index is -0.459. The van der Waals surface area contributed by atoms with Crippen LogP contribution in [0.3, 0.4) is 0 Å². The zero-order chi connectivity index (χ0) is 16.2. The number of carbonyl (C=O) groups excluding carboxylic acids is 1. The number of nitrogens with zero attached hydrogens (tertiary/aromatic N) is 2. The van der Waals surface area contributed by atoms with Gasteiger partial charge in [-0.05, 0) is 30.9 Å². The summed E-state index contributed by atoms with van der Waals surface area (Å²) in [4.78, 5) is 16.1. The Kier molecular flexibility index (Phi) is 5.13. The highest BCUT2D eigenvalue weighted by Gasteiger charge is 2.32. The number of β-amino-alcohol motifs (C(OH)–C–C–N with tert-alkyl or cyclic N) is 1. The highest BCUT2D eigenvalue weighted by atomic mass is 19.1. The van der Waals surface area contributed by atoms with Crippen molar-refractivity contribution in [2.45, 2.75) is 18.9 Å². The summed E-state index contributed by atoms with van der Waals surface area (Å²) in [6, 6.07) is 6.08. The topological polar surface area (TPSA) is 53.0 Å². The second-order valence-electron chi connectivity index (χ2n) is 6.31. The first-order chi connectivity index (χ1) is 11.1. The quantitative estimate of drug-likeness (QED) is 0.853. The van der Waals surface area contributed by atoms with Crippen LogP contribution < -0.4 is 4.74 Å². The van der Waals surface area contributed by atoms with E-state index in [4.69, 9.17) is 4.74 Å². The van der Waals surface area contributed by atoms with Crippen molar-refractivity contribution in [3.05, 3.63) is 30.1 Å². The molecule has 0 aromatic heterocycles. The second-order valence-corrected chi connectivity index (χ2v) is 6.31. The molecule has 1 saturated heterocycles. The number of amides is 1. The molecule has 0 radical (unpaired) electrons. The molecule has 1 aliphatic carbocycles. The van der Waals surface area contributed by atoms with Crippen molar-refractivity contribution in [2.24, 2.45) is 5.92 Å². The number of benzene rings is 1. The molecule has 1 aromatic rings. The van der Waals surface area contributed by atoms with Crippen molar-refractivity contribution in [3.63, 3.8) is 0 Å². The van der Waals surface area contributed by atoms with Crippen molar-refractivity contribution < 1.29 is 19.0 Å². The largest absolute Gasteiger partial charge is 0.481 e. The van der Waals surface area contributed by atoms with Crippen LogP contribution in [0.25, 0.3) is 0 Å². The van der Waals surface area contributed by atoms with Gasteiger partial charge in [0.15, 0.2) is 18.2 Å². The summed E-state index contributed by atoms with van der Waals surface area (Å²) in [7, 11) is 0. The summed E-state index contributed by atoms with van der Waals surface area (Å²) in [5.74, 6) is -0.00861. The average Bonchev–Trinajstić information content (AvgIpc) is 3.39. The molecule has 5 nitrogen and oxygen atoms in total. The molecule has 126 valence electrons. The molecule has 6 heteroatoms. The van der Waals surface area contributed by atoms with Crippen molar-refractivity contribution >= 4 is 5.91 Å². The van der Waals surface area contributed by atoms with Gasteiger partial charge in [-0.25, -0.2) is 4.39 Å². The minimum absolute atomic E-state index is 0.104. The highest BCUT2D eigenvalue weighted by molar-refractivity contribution is 5.77. The maximum atomic E-state index is 13.4. The van der Waals surface area contributed by atoms with Crippen molar-refractivity contribution in [2.75, 3.05) is 39.3 Å². The van der Waals surface area contributed by atoms with E-state index in [1.807, 2.05) is 0 Å². The molecule has 0 unspecified atom stereocenters. The minimum Gasteiger partial charge on any atom is -0.481 e.